The fraction of sp³-hybridized carbons (Fsp3) is 0.100. The maximum atomic E-state index is 12.4. The first-order valence-corrected chi connectivity index (χ1v) is 8.35. The first-order chi connectivity index (χ1) is 13.9. The first kappa shape index (κ1) is 20.0. The van der Waals surface area contributed by atoms with Crippen molar-refractivity contribution in [2.45, 2.75) is 6.36 Å². The molecule has 29 heavy (non-hydrogen) atoms. The molecule has 3 aromatic rings. The second-order valence-corrected chi connectivity index (χ2v) is 5.62. The van der Waals surface area contributed by atoms with E-state index in [1.54, 1.807) is 48.7 Å². The third-order valence-corrected chi connectivity index (χ3v) is 3.44. The number of anilines is 1. The number of aromatic nitrogens is 1. The minimum absolute atomic E-state index is 0.113. The molecule has 0 spiro atoms. The molecule has 0 aliphatic rings. The summed E-state index contributed by atoms with van der Waals surface area (Å²) in [5, 5.41) is 2.33. The summed E-state index contributed by atoms with van der Waals surface area (Å²) in [6, 6.07) is 16.9. The molecule has 0 fully saturated rings. The highest BCUT2D eigenvalue weighted by atomic mass is 19.4. The Hall–Kier alpha value is -3.75. The summed E-state index contributed by atoms with van der Waals surface area (Å²) in [5.74, 6) is 0.189. The van der Waals surface area contributed by atoms with Crippen LogP contribution >= 0.6 is 0 Å². The third-order valence-electron chi connectivity index (χ3n) is 3.44. The summed E-state index contributed by atoms with van der Waals surface area (Å²) >= 11 is 0. The van der Waals surface area contributed by atoms with Crippen molar-refractivity contribution in [2.24, 2.45) is 0 Å². The Balaban J connectivity index is 1.53. The molecule has 1 amide bonds. The molecule has 1 heterocycles. The Kier molecular flexibility index (Phi) is 6.18. The SMILES string of the molecule is O=C(COc1ccc(Oc2ccccn2)cc1)Nc1ccccc1OC(F)(F)F. The normalized spacial score (nSPS) is 10.9. The molecule has 1 aromatic heterocycles. The van der Waals surface area contributed by atoms with E-state index in [0.29, 0.717) is 17.4 Å². The van der Waals surface area contributed by atoms with Crippen molar-refractivity contribution in [2.75, 3.05) is 11.9 Å². The molecule has 1 N–H and O–H groups in total. The minimum atomic E-state index is -4.86. The number of nitrogens with zero attached hydrogens (tertiary/aromatic N) is 1. The van der Waals surface area contributed by atoms with Crippen LogP contribution in [-0.4, -0.2) is 23.9 Å². The molecule has 9 heteroatoms. The van der Waals surface area contributed by atoms with Gasteiger partial charge in [0.2, 0.25) is 5.88 Å². The highest BCUT2D eigenvalue weighted by Crippen LogP contribution is 2.30. The van der Waals surface area contributed by atoms with Gasteiger partial charge < -0.3 is 19.5 Å². The van der Waals surface area contributed by atoms with Gasteiger partial charge in [0.1, 0.15) is 11.5 Å². The molecule has 0 atom stereocenters. The number of rotatable bonds is 7. The minimum Gasteiger partial charge on any atom is -0.484 e. The maximum Gasteiger partial charge on any atom is 0.573 e. The number of alkyl halides is 3. The maximum absolute atomic E-state index is 12.4. The number of ether oxygens (including phenoxy) is 3. The highest BCUT2D eigenvalue weighted by Gasteiger charge is 2.32. The smallest absolute Gasteiger partial charge is 0.484 e. The number of hydrogen-bond acceptors (Lipinski definition) is 5. The van der Waals surface area contributed by atoms with Gasteiger partial charge in [-0.25, -0.2) is 4.98 Å². The van der Waals surface area contributed by atoms with Crippen LogP contribution in [0.3, 0.4) is 0 Å². The molecular weight excluding hydrogens is 389 g/mol. The Morgan fingerprint density at radius 2 is 1.62 bits per heavy atom. The van der Waals surface area contributed by atoms with Crippen molar-refractivity contribution in [3.8, 4) is 23.1 Å². The lowest BCUT2D eigenvalue weighted by atomic mass is 10.3. The standard InChI is InChI=1S/C20H15F3N2O4/c21-20(22,23)29-17-6-2-1-5-16(17)25-18(26)13-27-14-8-10-15(11-9-14)28-19-7-3-4-12-24-19/h1-12H,13H2,(H,25,26). The van der Waals surface area contributed by atoms with Crippen molar-refractivity contribution < 1.29 is 32.2 Å². The van der Waals surface area contributed by atoms with Gasteiger partial charge in [-0.15, -0.1) is 13.2 Å². The highest BCUT2D eigenvalue weighted by molar-refractivity contribution is 5.93. The van der Waals surface area contributed by atoms with Crippen LogP contribution in [0.15, 0.2) is 72.9 Å². The van der Waals surface area contributed by atoms with Gasteiger partial charge in [-0.2, -0.15) is 0 Å². The van der Waals surface area contributed by atoms with Gasteiger partial charge in [0.05, 0.1) is 5.69 Å². The number of nitrogens with one attached hydrogen (secondary N) is 1. The zero-order chi connectivity index (χ0) is 20.7. The van der Waals surface area contributed by atoms with Gasteiger partial charge in [0.25, 0.3) is 5.91 Å². The second kappa shape index (κ2) is 8.96. The van der Waals surface area contributed by atoms with Gasteiger partial charge in [-0.3, -0.25) is 4.79 Å². The van der Waals surface area contributed by atoms with Crippen LogP contribution in [-0.2, 0) is 4.79 Å². The van der Waals surface area contributed by atoms with Crippen LogP contribution < -0.4 is 19.5 Å². The van der Waals surface area contributed by atoms with Crippen LogP contribution in [0.4, 0.5) is 18.9 Å². The number of para-hydroxylation sites is 2. The predicted molar refractivity (Wildman–Crippen MR) is 98.0 cm³/mol. The Morgan fingerprint density at radius 1 is 0.931 bits per heavy atom. The molecule has 0 radical (unpaired) electrons. The molecule has 2 aromatic carbocycles. The van der Waals surface area contributed by atoms with Crippen molar-refractivity contribution in [3.05, 3.63) is 72.9 Å². The average Bonchev–Trinajstić information content (AvgIpc) is 2.69. The summed E-state index contributed by atoms with van der Waals surface area (Å²) < 4.78 is 52.0. The van der Waals surface area contributed by atoms with Crippen molar-refractivity contribution in [3.63, 3.8) is 0 Å². The Labute approximate surface area is 163 Å². The molecule has 6 nitrogen and oxygen atoms in total. The molecule has 0 saturated heterocycles. The Bertz CT molecular complexity index is 948. The van der Waals surface area contributed by atoms with Gasteiger partial charge >= 0.3 is 6.36 Å². The number of carbonyl (C=O) groups excluding carboxylic acids is 1. The first-order valence-electron chi connectivity index (χ1n) is 8.35. The monoisotopic (exact) mass is 404 g/mol. The number of pyridine rings is 1. The molecule has 3 rings (SSSR count). The van der Waals surface area contributed by atoms with E-state index in [9.17, 15) is 18.0 Å². The molecular formula is C20H15F3N2O4. The second-order valence-electron chi connectivity index (χ2n) is 5.62. The van der Waals surface area contributed by atoms with Crippen molar-refractivity contribution >= 4 is 11.6 Å². The van der Waals surface area contributed by atoms with E-state index in [2.05, 4.69) is 15.0 Å². The van der Waals surface area contributed by atoms with E-state index in [4.69, 9.17) is 9.47 Å². The summed E-state index contributed by atoms with van der Waals surface area (Å²) in [5.41, 5.74) is -0.113. The summed E-state index contributed by atoms with van der Waals surface area (Å²) in [6.45, 7) is -0.402. The van der Waals surface area contributed by atoms with E-state index in [0.717, 1.165) is 6.07 Å². The number of halogens is 3. The molecule has 0 aliphatic carbocycles. The number of benzene rings is 2. The fourth-order valence-electron chi connectivity index (χ4n) is 2.25. The quantitative estimate of drug-likeness (QED) is 0.613. The van der Waals surface area contributed by atoms with E-state index in [-0.39, 0.29) is 5.69 Å². The zero-order valence-electron chi connectivity index (χ0n) is 14.8. The molecule has 0 aliphatic heterocycles. The summed E-state index contributed by atoms with van der Waals surface area (Å²) in [4.78, 5) is 16.0. The van der Waals surface area contributed by atoms with Crippen LogP contribution in [0.1, 0.15) is 0 Å². The largest absolute Gasteiger partial charge is 0.573 e. The predicted octanol–water partition coefficient (Wildman–Crippen LogP) is 4.79. The zero-order valence-corrected chi connectivity index (χ0v) is 14.8. The van der Waals surface area contributed by atoms with Gasteiger partial charge in [-0.05, 0) is 42.5 Å². The van der Waals surface area contributed by atoms with Crippen molar-refractivity contribution in [1.82, 2.24) is 4.98 Å². The van der Waals surface area contributed by atoms with E-state index < -0.39 is 24.6 Å². The lowest BCUT2D eigenvalue weighted by molar-refractivity contribution is -0.274. The third kappa shape index (κ3) is 6.42. The molecule has 0 bridgehead atoms. The van der Waals surface area contributed by atoms with E-state index >= 15 is 0 Å². The van der Waals surface area contributed by atoms with Gasteiger partial charge in [-0.1, -0.05) is 18.2 Å². The topological polar surface area (TPSA) is 69.7 Å². The molecule has 150 valence electrons. The van der Waals surface area contributed by atoms with Crippen LogP contribution in [0.2, 0.25) is 0 Å². The van der Waals surface area contributed by atoms with Gasteiger partial charge in [0, 0.05) is 12.3 Å². The van der Waals surface area contributed by atoms with E-state index in [1.165, 1.54) is 18.2 Å². The van der Waals surface area contributed by atoms with Crippen molar-refractivity contribution in [1.29, 1.82) is 0 Å². The van der Waals surface area contributed by atoms with Gasteiger partial charge in [0.15, 0.2) is 12.4 Å². The van der Waals surface area contributed by atoms with E-state index in [1.807, 2.05) is 0 Å². The molecule has 0 unspecified atom stereocenters. The van der Waals surface area contributed by atoms with Crippen LogP contribution in [0.5, 0.6) is 23.1 Å². The number of carbonyl (C=O) groups is 1. The Morgan fingerprint density at radius 3 is 2.31 bits per heavy atom. The number of amides is 1. The lowest BCUT2D eigenvalue weighted by Gasteiger charge is -2.14. The summed E-state index contributed by atoms with van der Waals surface area (Å²) in [7, 11) is 0. The number of hydrogen-bond donors (Lipinski definition) is 1. The lowest BCUT2D eigenvalue weighted by Crippen LogP contribution is -2.22. The average molecular weight is 404 g/mol. The molecule has 0 saturated carbocycles. The summed E-state index contributed by atoms with van der Waals surface area (Å²) in [6.07, 6.45) is -3.26. The van der Waals surface area contributed by atoms with Crippen LogP contribution in [0, 0.1) is 0 Å². The van der Waals surface area contributed by atoms with Crippen LogP contribution in [0.25, 0.3) is 0 Å². The fourth-order valence-corrected chi connectivity index (χ4v) is 2.25.